The summed E-state index contributed by atoms with van der Waals surface area (Å²) in [6.07, 6.45) is 12.7. The number of amides is 1. The van der Waals surface area contributed by atoms with Crippen molar-refractivity contribution in [3.05, 3.63) is 73.1 Å². The van der Waals surface area contributed by atoms with Gasteiger partial charge < -0.3 is 23.9 Å². The van der Waals surface area contributed by atoms with Crippen LogP contribution >= 0.6 is 0 Å². The lowest BCUT2D eigenvalue weighted by Crippen LogP contribution is -2.71. The maximum absolute atomic E-state index is 12.2. The number of benzene rings is 2. The first-order valence-corrected chi connectivity index (χ1v) is 14.5. The largest absolute Gasteiger partial charge is 0.496 e. The molecule has 1 amide bonds. The summed E-state index contributed by atoms with van der Waals surface area (Å²) in [6.45, 7) is 7.58. The smallest absolute Gasteiger partial charge is 0.407 e. The molecular weight excluding hydrogens is 530 g/mol. The summed E-state index contributed by atoms with van der Waals surface area (Å²) in [5.41, 5.74) is 1.17. The first-order valence-electron chi connectivity index (χ1n) is 14.5. The molecule has 1 saturated carbocycles. The van der Waals surface area contributed by atoms with E-state index in [0.29, 0.717) is 5.75 Å². The Morgan fingerprint density at radius 1 is 1.10 bits per heavy atom. The lowest BCUT2D eigenvalue weighted by Gasteiger charge is -2.30. The Morgan fingerprint density at radius 3 is 2.60 bits per heavy atom. The fourth-order valence-corrected chi connectivity index (χ4v) is 5.32. The average molecular weight is 571 g/mol. The third-order valence-electron chi connectivity index (χ3n) is 7.23. The number of aromatic nitrogens is 1. The molecule has 0 atom stereocenters. The number of furan rings is 1. The highest BCUT2D eigenvalue weighted by Gasteiger charge is 2.27. The molecule has 42 heavy (non-hydrogen) atoms. The molecule has 0 spiro atoms. The third kappa shape index (κ3) is 6.94. The van der Waals surface area contributed by atoms with E-state index in [-0.39, 0.29) is 18.2 Å². The van der Waals surface area contributed by atoms with Crippen LogP contribution in [-0.4, -0.2) is 35.9 Å². The number of nitrogens with one attached hydrogen (secondary N) is 1. The lowest BCUT2D eigenvalue weighted by atomic mass is 9.93. The van der Waals surface area contributed by atoms with Gasteiger partial charge in [-0.25, -0.2) is 9.78 Å². The van der Waals surface area contributed by atoms with Crippen molar-refractivity contribution < 1.29 is 28.7 Å². The molecule has 1 aliphatic carbocycles. The number of methoxy groups -OCH3 is 1. The molecule has 3 N–H and O–H groups in total. The van der Waals surface area contributed by atoms with Crippen LogP contribution in [0.25, 0.3) is 33.1 Å². The molecule has 2 aromatic heterocycles. The standard InChI is InChI=1S/C34H39N3O5/c1-6-7-10-17-35-32-31-26(27(21-36-32)29-18-22-11-8-9-12-28(22)41-29)19-25(20-30(31)39-5)40-24-15-13-23(14-16-24)37-33(38)42-34(2,3)4/h6-12,17-21,23-24H,13-16H2,1-5H3,(H,35,36)(H,37,38)/p+1/b7-6-,17-10-. The number of hydrogen-bond acceptors (Lipinski definition) is 6. The molecule has 5 rings (SSSR count). The van der Waals surface area contributed by atoms with Gasteiger partial charge in [-0.15, -0.1) is 0 Å². The Morgan fingerprint density at radius 2 is 1.88 bits per heavy atom. The van der Waals surface area contributed by atoms with Gasteiger partial charge in [-0.05, 0) is 77.7 Å². The zero-order valence-corrected chi connectivity index (χ0v) is 25.0. The second kappa shape index (κ2) is 12.7. The maximum atomic E-state index is 12.2. The zero-order chi connectivity index (χ0) is 29.7. The summed E-state index contributed by atoms with van der Waals surface area (Å²) in [4.78, 5) is 17.0. The van der Waals surface area contributed by atoms with Crippen molar-refractivity contribution in [3.8, 4) is 22.8 Å². The van der Waals surface area contributed by atoms with Crippen molar-refractivity contribution >= 4 is 33.7 Å². The molecule has 8 nitrogen and oxygen atoms in total. The van der Waals surface area contributed by atoms with Crippen molar-refractivity contribution in [2.45, 2.75) is 71.1 Å². The van der Waals surface area contributed by atoms with Crippen LogP contribution in [0, 0.1) is 0 Å². The van der Waals surface area contributed by atoms with Gasteiger partial charge in [0, 0.05) is 34.6 Å². The van der Waals surface area contributed by atoms with E-state index < -0.39 is 5.60 Å². The SMILES string of the molecule is C/C=C\C=C/[NH2+]c1ncc(-c2cc3ccccc3o2)c2cc(OC3CCC(NC(=O)OC(C)(C)C)CC3)cc(OC)c12. The van der Waals surface area contributed by atoms with Crippen LogP contribution < -0.4 is 20.1 Å². The van der Waals surface area contributed by atoms with Gasteiger partial charge in [0.2, 0.25) is 5.82 Å². The van der Waals surface area contributed by atoms with Crippen molar-refractivity contribution in [1.82, 2.24) is 10.3 Å². The summed E-state index contributed by atoms with van der Waals surface area (Å²) >= 11 is 0. The fraction of sp³-hybridized carbons (Fsp3) is 0.353. The number of hydrogen-bond donors (Lipinski definition) is 2. The molecule has 1 aliphatic rings. The number of fused-ring (bicyclic) bond motifs is 2. The van der Waals surface area contributed by atoms with Gasteiger partial charge in [0.05, 0.1) is 19.4 Å². The number of allylic oxidation sites excluding steroid dienone is 3. The normalized spacial score (nSPS) is 17.7. The van der Waals surface area contributed by atoms with Gasteiger partial charge in [-0.3, -0.25) is 5.32 Å². The minimum atomic E-state index is -0.517. The number of carbonyl (C=O) groups is 1. The van der Waals surface area contributed by atoms with Gasteiger partial charge in [0.25, 0.3) is 0 Å². The van der Waals surface area contributed by atoms with Crippen LogP contribution in [0.3, 0.4) is 0 Å². The molecular formula is C34H40N3O5+. The minimum Gasteiger partial charge on any atom is -0.496 e. The molecule has 0 saturated heterocycles. The fourth-order valence-electron chi connectivity index (χ4n) is 5.32. The Labute approximate surface area is 246 Å². The molecule has 0 unspecified atom stereocenters. The number of rotatable bonds is 8. The third-order valence-corrected chi connectivity index (χ3v) is 7.23. The zero-order valence-electron chi connectivity index (χ0n) is 25.0. The molecule has 0 radical (unpaired) electrons. The quantitative estimate of drug-likeness (QED) is 0.218. The minimum absolute atomic E-state index is 0.0233. The van der Waals surface area contributed by atoms with Gasteiger partial charge >= 0.3 is 6.09 Å². The highest BCUT2D eigenvalue weighted by atomic mass is 16.6. The predicted octanol–water partition coefficient (Wildman–Crippen LogP) is 7.16. The number of alkyl carbamates (subject to hydrolysis) is 1. The van der Waals surface area contributed by atoms with Gasteiger partial charge in [-0.1, -0.05) is 30.4 Å². The van der Waals surface area contributed by atoms with E-state index >= 15 is 0 Å². The Hall–Kier alpha value is -4.30. The molecule has 2 heterocycles. The van der Waals surface area contributed by atoms with E-state index in [9.17, 15) is 4.79 Å². The number of para-hydroxylation sites is 1. The predicted molar refractivity (Wildman–Crippen MR) is 165 cm³/mol. The summed E-state index contributed by atoms with van der Waals surface area (Å²) in [7, 11) is 1.67. The number of quaternary nitrogens is 1. The van der Waals surface area contributed by atoms with Crippen LogP contribution in [0.15, 0.2) is 77.5 Å². The Kier molecular flexibility index (Phi) is 8.83. The number of ether oxygens (including phenoxy) is 3. The Balaban J connectivity index is 1.44. The van der Waals surface area contributed by atoms with Crippen molar-refractivity contribution in [2.24, 2.45) is 0 Å². The van der Waals surface area contributed by atoms with E-state index in [1.807, 2.05) is 100 Å². The van der Waals surface area contributed by atoms with Crippen LogP contribution in [0.4, 0.5) is 10.6 Å². The van der Waals surface area contributed by atoms with E-state index in [0.717, 1.165) is 70.3 Å². The molecule has 2 aromatic carbocycles. The average Bonchev–Trinajstić information content (AvgIpc) is 3.39. The van der Waals surface area contributed by atoms with Crippen molar-refractivity contribution in [2.75, 3.05) is 7.11 Å². The monoisotopic (exact) mass is 570 g/mol. The Bertz CT molecular complexity index is 1570. The molecule has 0 bridgehead atoms. The van der Waals surface area contributed by atoms with E-state index in [2.05, 4.69) is 11.4 Å². The molecule has 8 heteroatoms. The van der Waals surface area contributed by atoms with Crippen LogP contribution in [-0.2, 0) is 4.74 Å². The van der Waals surface area contributed by atoms with Gasteiger partial charge in [0.1, 0.15) is 33.8 Å². The van der Waals surface area contributed by atoms with Gasteiger partial charge in [-0.2, -0.15) is 0 Å². The molecule has 1 fully saturated rings. The second-order valence-electron chi connectivity index (χ2n) is 11.6. The van der Waals surface area contributed by atoms with Crippen LogP contribution in [0.1, 0.15) is 53.4 Å². The summed E-state index contributed by atoms with van der Waals surface area (Å²) < 4.78 is 24.1. The lowest BCUT2D eigenvalue weighted by molar-refractivity contribution is -0.498. The van der Waals surface area contributed by atoms with E-state index in [4.69, 9.17) is 23.6 Å². The topological polar surface area (TPSA) is 99.4 Å². The van der Waals surface area contributed by atoms with Crippen LogP contribution in [0.2, 0.25) is 0 Å². The highest BCUT2D eigenvalue weighted by molar-refractivity contribution is 6.04. The number of carbonyl (C=O) groups excluding carboxylic acids is 1. The number of pyridine rings is 1. The van der Waals surface area contributed by atoms with Crippen LogP contribution in [0.5, 0.6) is 11.5 Å². The van der Waals surface area contributed by atoms with Crippen molar-refractivity contribution in [1.29, 1.82) is 0 Å². The summed E-state index contributed by atoms with van der Waals surface area (Å²) in [5, 5.41) is 7.83. The molecule has 4 aromatic rings. The van der Waals surface area contributed by atoms with Gasteiger partial charge in [0.15, 0.2) is 0 Å². The molecule has 0 aliphatic heterocycles. The summed E-state index contributed by atoms with van der Waals surface area (Å²) in [6, 6.07) is 14.1. The summed E-state index contributed by atoms with van der Waals surface area (Å²) in [5.74, 6) is 2.93. The maximum Gasteiger partial charge on any atom is 0.407 e. The molecule has 220 valence electrons. The van der Waals surface area contributed by atoms with E-state index in [1.165, 1.54) is 0 Å². The van der Waals surface area contributed by atoms with E-state index in [1.54, 1.807) is 7.11 Å². The van der Waals surface area contributed by atoms with Crippen molar-refractivity contribution in [3.63, 3.8) is 0 Å². The number of nitrogens with two attached hydrogens (primary N) is 1. The number of nitrogens with zero attached hydrogens (tertiary/aromatic N) is 1. The second-order valence-corrected chi connectivity index (χ2v) is 11.6. The first-order chi connectivity index (χ1) is 20.2. The first kappa shape index (κ1) is 29.2. The highest BCUT2D eigenvalue weighted by Crippen LogP contribution is 2.41.